The molecule has 140 valence electrons. The zero-order valence-corrected chi connectivity index (χ0v) is 16.0. The van der Waals surface area contributed by atoms with Crippen molar-refractivity contribution in [3.05, 3.63) is 59.4 Å². The van der Waals surface area contributed by atoms with E-state index in [0.717, 1.165) is 37.6 Å². The van der Waals surface area contributed by atoms with E-state index in [1.807, 2.05) is 42.5 Å². The van der Waals surface area contributed by atoms with Crippen LogP contribution in [0.5, 0.6) is 5.75 Å². The third-order valence-electron chi connectivity index (χ3n) is 4.78. The van der Waals surface area contributed by atoms with Crippen LogP contribution in [0.4, 0.5) is 5.69 Å². The van der Waals surface area contributed by atoms with Crippen LogP contribution >= 0.6 is 12.2 Å². The molecule has 1 saturated heterocycles. The first kappa shape index (κ1) is 17.7. The predicted octanol–water partition coefficient (Wildman–Crippen LogP) is 2.59. The Morgan fingerprint density at radius 2 is 1.59 bits per heavy atom. The van der Waals surface area contributed by atoms with Crippen LogP contribution in [0.15, 0.2) is 54.6 Å². The van der Waals surface area contributed by atoms with Crippen molar-refractivity contribution in [2.45, 2.75) is 6.67 Å². The number of methoxy groups -OCH3 is 1. The number of hydrogen-bond donors (Lipinski definition) is 0. The minimum absolute atomic E-state index is 0.610. The predicted molar refractivity (Wildman–Crippen MR) is 107 cm³/mol. The van der Waals surface area contributed by atoms with E-state index in [1.54, 1.807) is 16.5 Å². The summed E-state index contributed by atoms with van der Waals surface area (Å²) < 4.78 is 9.32. The van der Waals surface area contributed by atoms with Crippen molar-refractivity contribution in [2.24, 2.45) is 0 Å². The van der Waals surface area contributed by atoms with Crippen LogP contribution in [0, 0.1) is 4.77 Å². The topological polar surface area (TPSA) is 51.4 Å². The highest BCUT2D eigenvalue weighted by molar-refractivity contribution is 7.71. The molecule has 0 bridgehead atoms. The zero-order chi connectivity index (χ0) is 18.6. The van der Waals surface area contributed by atoms with Crippen molar-refractivity contribution in [1.29, 1.82) is 0 Å². The van der Waals surface area contributed by atoms with Crippen molar-refractivity contribution in [3.63, 3.8) is 0 Å². The Labute approximate surface area is 163 Å². The summed E-state index contributed by atoms with van der Waals surface area (Å²) in [5.41, 5.74) is 2.15. The van der Waals surface area contributed by atoms with Gasteiger partial charge in [0.05, 0.1) is 19.5 Å². The first-order chi connectivity index (χ1) is 13.2. The van der Waals surface area contributed by atoms with Crippen molar-refractivity contribution in [1.82, 2.24) is 24.7 Å². The number of piperazine rings is 1. The minimum Gasteiger partial charge on any atom is -0.497 e. The average molecular weight is 382 g/mol. The molecule has 1 aromatic heterocycles. The Balaban J connectivity index is 1.38. The highest BCUT2D eigenvalue weighted by atomic mass is 32.1. The smallest absolute Gasteiger partial charge is 0.221 e. The first-order valence-corrected chi connectivity index (χ1v) is 9.35. The molecule has 1 aliphatic heterocycles. The maximum Gasteiger partial charge on any atom is 0.221 e. The van der Waals surface area contributed by atoms with E-state index in [4.69, 9.17) is 17.0 Å². The normalized spacial score (nSPS) is 15.1. The van der Waals surface area contributed by atoms with Gasteiger partial charge in [0.2, 0.25) is 4.77 Å². The molecule has 4 rings (SSSR count). The molecular formula is C19H22N6OS. The summed E-state index contributed by atoms with van der Waals surface area (Å²) in [5, 5.41) is 8.45. The second-order valence-corrected chi connectivity index (χ2v) is 6.82. The summed E-state index contributed by atoms with van der Waals surface area (Å²) in [4.78, 5) is 4.73. The van der Waals surface area contributed by atoms with E-state index >= 15 is 0 Å². The summed E-state index contributed by atoms with van der Waals surface area (Å²) in [5.74, 6) is 0.883. The lowest BCUT2D eigenvalue weighted by molar-refractivity contribution is 0.193. The number of rotatable bonds is 5. The zero-order valence-electron chi connectivity index (χ0n) is 15.2. The van der Waals surface area contributed by atoms with Gasteiger partial charge in [0, 0.05) is 31.9 Å². The van der Waals surface area contributed by atoms with Gasteiger partial charge in [-0.25, -0.2) is 4.68 Å². The van der Waals surface area contributed by atoms with Gasteiger partial charge in [0.25, 0.3) is 0 Å². The van der Waals surface area contributed by atoms with Crippen molar-refractivity contribution in [3.8, 4) is 11.4 Å². The summed E-state index contributed by atoms with van der Waals surface area (Å²) in [6, 6.07) is 18.1. The quantitative estimate of drug-likeness (QED) is 0.632. The average Bonchev–Trinajstić information content (AvgIpc) is 3.09. The summed E-state index contributed by atoms with van der Waals surface area (Å²) >= 11 is 5.55. The second kappa shape index (κ2) is 7.89. The van der Waals surface area contributed by atoms with Crippen LogP contribution in [0.25, 0.3) is 5.69 Å². The van der Waals surface area contributed by atoms with Crippen LogP contribution in [-0.4, -0.2) is 58.0 Å². The lowest BCUT2D eigenvalue weighted by Gasteiger charge is -2.35. The van der Waals surface area contributed by atoms with Gasteiger partial charge in [-0.1, -0.05) is 18.2 Å². The van der Waals surface area contributed by atoms with Crippen molar-refractivity contribution >= 4 is 17.9 Å². The molecule has 0 amide bonds. The van der Waals surface area contributed by atoms with Crippen LogP contribution < -0.4 is 9.64 Å². The largest absolute Gasteiger partial charge is 0.497 e. The van der Waals surface area contributed by atoms with Crippen molar-refractivity contribution in [2.75, 3.05) is 38.2 Å². The maximum atomic E-state index is 5.55. The molecule has 1 aliphatic rings. The molecule has 27 heavy (non-hydrogen) atoms. The Morgan fingerprint density at radius 1 is 0.889 bits per heavy atom. The maximum absolute atomic E-state index is 5.55. The molecule has 0 atom stereocenters. The summed E-state index contributed by atoms with van der Waals surface area (Å²) in [6.07, 6.45) is 0. The molecule has 2 aromatic carbocycles. The van der Waals surface area contributed by atoms with Gasteiger partial charge in [-0.2, -0.15) is 4.68 Å². The fourth-order valence-corrected chi connectivity index (χ4v) is 3.46. The molecule has 0 radical (unpaired) electrons. The molecule has 0 spiro atoms. The van der Waals surface area contributed by atoms with E-state index in [0.29, 0.717) is 11.4 Å². The fraction of sp³-hybridized carbons (Fsp3) is 0.316. The minimum atomic E-state index is 0.610. The highest BCUT2D eigenvalue weighted by Crippen LogP contribution is 2.20. The number of para-hydroxylation sites is 1. The van der Waals surface area contributed by atoms with Gasteiger partial charge in [0.1, 0.15) is 5.75 Å². The van der Waals surface area contributed by atoms with E-state index in [-0.39, 0.29) is 0 Å². The SMILES string of the molecule is COc1ccc(N2CCN(Cn3nnn(-c4ccccc4)c3=S)CC2)cc1. The van der Waals surface area contributed by atoms with Gasteiger partial charge in [-0.15, -0.1) is 0 Å². The third-order valence-corrected chi connectivity index (χ3v) is 5.17. The Hall–Kier alpha value is -2.71. The van der Waals surface area contributed by atoms with Crippen LogP contribution in [0.1, 0.15) is 0 Å². The van der Waals surface area contributed by atoms with E-state index in [2.05, 4.69) is 32.4 Å². The molecule has 1 fully saturated rings. The lowest BCUT2D eigenvalue weighted by atomic mass is 10.2. The Bertz CT molecular complexity index is 929. The van der Waals surface area contributed by atoms with Gasteiger partial charge in [-0.05, 0) is 59.0 Å². The van der Waals surface area contributed by atoms with E-state index in [1.165, 1.54) is 5.69 Å². The van der Waals surface area contributed by atoms with Gasteiger partial charge in [-0.3, -0.25) is 4.90 Å². The first-order valence-electron chi connectivity index (χ1n) is 8.94. The molecule has 2 heterocycles. The molecule has 8 heteroatoms. The fourth-order valence-electron chi connectivity index (χ4n) is 3.22. The highest BCUT2D eigenvalue weighted by Gasteiger charge is 2.18. The van der Waals surface area contributed by atoms with Gasteiger partial charge >= 0.3 is 0 Å². The number of aromatic nitrogens is 4. The number of tetrazole rings is 1. The molecule has 0 unspecified atom stereocenters. The molecule has 7 nitrogen and oxygen atoms in total. The number of ether oxygens (including phenoxy) is 1. The molecule has 0 saturated carbocycles. The van der Waals surface area contributed by atoms with Crippen LogP contribution in [-0.2, 0) is 6.67 Å². The number of benzene rings is 2. The number of hydrogen-bond acceptors (Lipinski definition) is 6. The Morgan fingerprint density at radius 3 is 2.26 bits per heavy atom. The summed E-state index contributed by atoms with van der Waals surface area (Å²) in [6.45, 7) is 4.49. The van der Waals surface area contributed by atoms with Gasteiger partial charge in [0.15, 0.2) is 0 Å². The third kappa shape index (κ3) is 3.86. The van der Waals surface area contributed by atoms with E-state index in [9.17, 15) is 0 Å². The van der Waals surface area contributed by atoms with Crippen LogP contribution in [0.2, 0.25) is 0 Å². The van der Waals surface area contributed by atoms with Crippen LogP contribution in [0.3, 0.4) is 0 Å². The van der Waals surface area contributed by atoms with Crippen molar-refractivity contribution < 1.29 is 4.74 Å². The Kier molecular flexibility index (Phi) is 5.17. The molecule has 0 aliphatic carbocycles. The summed E-state index contributed by atoms with van der Waals surface area (Å²) in [7, 11) is 1.69. The van der Waals surface area contributed by atoms with Gasteiger partial charge < -0.3 is 9.64 Å². The van der Waals surface area contributed by atoms with E-state index < -0.39 is 0 Å². The monoisotopic (exact) mass is 382 g/mol. The standard InChI is InChI=1S/C19H22N6OS/c1-26-18-9-7-16(8-10-18)23-13-11-22(12-14-23)15-24-19(27)25(21-20-24)17-5-3-2-4-6-17/h2-10H,11-15H2,1H3. The second-order valence-electron chi connectivity index (χ2n) is 6.45. The molecule has 3 aromatic rings. The molecular weight excluding hydrogens is 360 g/mol. The molecule has 0 N–H and O–H groups in total. The number of nitrogens with zero attached hydrogens (tertiary/aromatic N) is 6. The lowest BCUT2D eigenvalue weighted by Crippen LogP contribution is -2.47. The number of anilines is 1.